The maximum absolute atomic E-state index is 5.48. The van der Waals surface area contributed by atoms with Crippen molar-refractivity contribution in [1.29, 1.82) is 0 Å². The van der Waals surface area contributed by atoms with Crippen molar-refractivity contribution in [3.8, 4) is 73.0 Å². The second-order valence-corrected chi connectivity index (χ2v) is 17.3. The number of hydrogen-bond donors (Lipinski definition) is 0. The second kappa shape index (κ2) is 16.0. The van der Waals surface area contributed by atoms with Crippen LogP contribution in [0.15, 0.2) is 249 Å². The molecule has 2 heterocycles. The molecule has 0 saturated carbocycles. The van der Waals surface area contributed by atoms with E-state index < -0.39 is 0 Å². The predicted octanol–water partition coefficient (Wildman–Crippen LogP) is 17.0. The van der Waals surface area contributed by atoms with Crippen molar-refractivity contribution >= 4 is 54.1 Å². The van der Waals surface area contributed by atoms with Gasteiger partial charge in [-0.15, -0.1) is 0 Å². The summed E-state index contributed by atoms with van der Waals surface area (Å²) in [6.45, 7) is 0. The molecule has 0 fully saturated rings. The van der Waals surface area contributed by atoms with E-state index in [4.69, 9.17) is 9.97 Å². The molecule has 2 aromatic heterocycles. The van der Waals surface area contributed by atoms with Gasteiger partial charge in [-0.05, 0) is 108 Å². The molecule has 13 aromatic rings. The van der Waals surface area contributed by atoms with Crippen LogP contribution in [0.3, 0.4) is 0 Å². The Hall–Kier alpha value is -8.92. The number of nitrogens with zero attached hydrogens (tertiary/aromatic N) is 3. The molecule has 0 atom stereocenters. The van der Waals surface area contributed by atoms with Crippen molar-refractivity contribution in [3.63, 3.8) is 0 Å². The highest BCUT2D eigenvalue weighted by Gasteiger charge is 2.20. The summed E-state index contributed by atoms with van der Waals surface area (Å²) in [6, 6.07) is 89.4. The summed E-state index contributed by atoms with van der Waals surface area (Å²) in [5, 5.41) is 9.88. The minimum absolute atomic E-state index is 0.673. The Bertz CT molecular complexity index is 4020. The number of hydrogen-bond acceptors (Lipinski definition) is 2. The first-order valence-corrected chi connectivity index (χ1v) is 22.9. The SMILES string of the molecule is c1ccc(-c2cccc(-c3cc(-c4ccccc4-c4cccc5c4c4ccccc4n5-c4ccccc4)nc(-c4ccc(-c5c6ccccc6cc6c5ccc5ccccc56)cc4)n3)c2)cc1. The van der Waals surface area contributed by atoms with Crippen LogP contribution < -0.4 is 0 Å². The van der Waals surface area contributed by atoms with Gasteiger partial charge in [-0.1, -0.05) is 206 Å². The molecule has 3 nitrogen and oxygen atoms in total. The minimum atomic E-state index is 0.673. The van der Waals surface area contributed by atoms with E-state index in [2.05, 4.69) is 253 Å². The lowest BCUT2D eigenvalue weighted by Crippen LogP contribution is -1.97. The van der Waals surface area contributed by atoms with Crippen LogP contribution in [-0.2, 0) is 0 Å². The van der Waals surface area contributed by atoms with E-state index in [1.165, 1.54) is 54.2 Å². The molecular formula is C64H41N3. The van der Waals surface area contributed by atoms with E-state index in [0.29, 0.717) is 5.82 Å². The third-order valence-corrected chi connectivity index (χ3v) is 13.4. The van der Waals surface area contributed by atoms with Crippen LogP contribution in [0.1, 0.15) is 0 Å². The van der Waals surface area contributed by atoms with Gasteiger partial charge >= 0.3 is 0 Å². The zero-order valence-corrected chi connectivity index (χ0v) is 36.5. The van der Waals surface area contributed by atoms with Gasteiger partial charge in [0.25, 0.3) is 0 Å². The Morgan fingerprint density at radius 3 is 1.72 bits per heavy atom. The molecule has 0 amide bonds. The average molecular weight is 852 g/mol. The second-order valence-electron chi connectivity index (χ2n) is 17.3. The molecular weight excluding hydrogens is 811 g/mol. The van der Waals surface area contributed by atoms with E-state index in [0.717, 1.165) is 67.1 Å². The standard InChI is InChI=1S/C64H41N3/c1-3-17-42(18-4-1)46-21-15-22-48(39-46)58-41-59(53-28-12-11-27-52(53)54-30-16-32-61-63(54)56-29-13-14-31-60(56)67(61)49-23-5-2-6-24-49)66-64(65-58)45-35-33-44(34-36-45)62-51-26-10-8-20-47(51)40-57-50-25-9-7-19-43(50)37-38-55(57)62/h1-41H. The van der Waals surface area contributed by atoms with Crippen molar-refractivity contribution in [2.24, 2.45) is 0 Å². The Kier molecular flexibility index (Phi) is 9.17. The fourth-order valence-electron chi connectivity index (χ4n) is 10.3. The first-order chi connectivity index (χ1) is 33.2. The van der Waals surface area contributed by atoms with Crippen LogP contribution in [0.5, 0.6) is 0 Å². The van der Waals surface area contributed by atoms with Gasteiger partial charge in [0, 0.05) is 33.2 Å². The smallest absolute Gasteiger partial charge is 0.160 e. The molecule has 0 radical (unpaired) electrons. The van der Waals surface area contributed by atoms with Crippen LogP contribution in [-0.4, -0.2) is 14.5 Å². The largest absolute Gasteiger partial charge is 0.309 e. The third kappa shape index (κ3) is 6.59. The van der Waals surface area contributed by atoms with Crippen molar-refractivity contribution in [1.82, 2.24) is 14.5 Å². The molecule has 0 unspecified atom stereocenters. The number of aromatic nitrogens is 3. The highest BCUT2D eigenvalue weighted by Crippen LogP contribution is 2.43. The zero-order valence-electron chi connectivity index (χ0n) is 36.5. The maximum Gasteiger partial charge on any atom is 0.160 e. The summed E-state index contributed by atoms with van der Waals surface area (Å²) in [4.78, 5) is 10.9. The molecule has 0 aliphatic heterocycles. The van der Waals surface area contributed by atoms with Crippen molar-refractivity contribution < 1.29 is 0 Å². The molecule has 13 rings (SSSR count). The lowest BCUT2D eigenvalue weighted by Gasteiger charge is -2.15. The summed E-state index contributed by atoms with van der Waals surface area (Å²) < 4.78 is 2.38. The van der Waals surface area contributed by atoms with Gasteiger partial charge < -0.3 is 4.57 Å². The van der Waals surface area contributed by atoms with E-state index in [9.17, 15) is 0 Å². The van der Waals surface area contributed by atoms with Crippen molar-refractivity contribution in [2.45, 2.75) is 0 Å². The number of rotatable bonds is 7. The highest BCUT2D eigenvalue weighted by atomic mass is 15.0. The van der Waals surface area contributed by atoms with E-state index in [-0.39, 0.29) is 0 Å². The van der Waals surface area contributed by atoms with E-state index >= 15 is 0 Å². The Balaban J connectivity index is 1.00. The number of benzene rings is 11. The normalized spacial score (nSPS) is 11.6. The lowest BCUT2D eigenvalue weighted by molar-refractivity contribution is 1.18. The van der Waals surface area contributed by atoms with Gasteiger partial charge in [0.2, 0.25) is 0 Å². The fraction of sp³-hybridized carbons (Fsp3) is 0. The summed E-state index contributed by atoms with van der Waals surface area (Å²) in [5.41, 5.74) is 15.2. The van der Waals surface area contributed by atoms with Gasteiger partial charge in [0.05, 0.1) is 22.4 Å². The third-order valence-electron chi connectivity index (χ3n) is 13.4. The van der Waals surface area contributed by atoms with Crippen LogP contribution >= 0.6 is 0 Å². The molecule has 0 bridgehead atoms. The minimum Gasteiger partial charge on any atom is -0.309 e. The summed E-state index contributed by atoms with van der Waals surface area (Å²) >= 11 is 0. The lowest BCUT2D eigenvalue weighted by atomic mass is 9.89. The first kappa shape index (κ1) is 38.5. The van der Waals surface area contributed by atoms with Crippen LogP contribution in [0.25, 0.3) is 127 Å². The molecule has 0 N–H and O–H groups in total. The van der Waals surface area contributed by atoms with Gasteiger partial charge in [0.1, 0.15) is 0 Å². The van der Waals surface area contributed by atoms with Crippen molar-refractivity contribution in [3.05, 3.63) is 249 Å². The van der Waals surface area contributed by atoms with Crippen LogP contribution in [0, 0.1) is 0 Å². The number of fused-ring (bicyclic) bond motifs is 7. The summed E-state index contributed by atoms with van der Waals surface area (Å²) in [7, 11) is 0. The average Bonchev–Trinajstić information content (AvgIpc) is 3.75. The molecule has 312 valence electrons. The molecule has 0 saturated heterocycles. The zero-order chi connectivity index (χ0) is 44.3. The topological polar surface area (TPSA) is 30.7 Å². The van der Waals surface area contributed by atoms with Gasteiger partial charge in [-0.25, -0.2) is 9.97 Å². The fourth-order valence-corrected chi connectivity index (χ4v) is 10.3. The Morgan fingerprint density at radius 1 is 0.284 bits per heavy atom. The molecule has 0 aliphatic carbocycles. The molecule has 3 heteroatoms. The molecule has 11 aromatic carbocycles. The highest BCUT2D eigenvalue weighted by molar-refractivity contribution is 6.20. The van der Waals surface area contributed by atoms with Crippen LogP contribution in [0.4, 0.5) is 0 Å². The Morgan fingerprint density at radius 2 is 0.881 bits per heavy atom. The maximum atomic E-state index is 5.48. The molecule has 67 heavy (non-hydrogen) atoms. The van der Waals surface area contributed by atoms with Gasteiger partial charge in [-0.3, -0.25) is 0 Å². The first-order valence-electron chi connectivity index (χ1n) is 22.9. The van der Waals surface area contributed by atoms with E-state index in [1.54, 1.807) is 0 Å². The van der Waals surface area contributed by atoms with Gasteiger partial charge in [0.15, 0.2) is 5.82 Å². The summed E-state index contributed by atoms with van der Waals surface area (Å²) in [5.74, 6) is 0.673. The quantitative estimate of drug-likeness (QED) is 0.118. The van der Waals surface area contributed by atoms with Crippen LogP contribution in [0.2, 0.25) is 0 Å². The van der Waals surface area contributed by atoms with E-state index in [1.807, 2.05) is 0 Å². The summed E-state index contributed by atoms with van der Waals surface area (Å²) in [6.07, 6.45) is 0. The number of para-hydroxylation sites is 2. The molecule has 0 aliphatic rings. The van der Waals surface area contributed by atoms with Gasteiger partial charge in [-0.2, -0.15) is 0 Å². The molecule has 0 spiro atoms. The monoisotopic (exact) mass is 851 g/mol. The van der Waals surface area contributed by atoms with Crippen molar-refractivity contribution in [2.75, 3.05) is 0 Å². The predicted molar refractivity (Wildman–Crippen MR) is 282 cm³/mol. The Labute approximate surface area is 388 Å².